The number of hydrogen-bond acceptors (Lipinski definition) is 5. The van der Waals surface area contributed by atoms with Crippen molar-refractivity contribution in [2.24, 2.45) is 0 Å². The number of halogens is 2. The van der Waals surface area contributed by atoms with Gasteiger partial charge in [-0.2, -0.15) is 0 Å². The van der Waals surface area contributed by atoms with E-state index in [-0.39, 0.29) is 17.3 Å². The molecule has 3 aromatic rings. The van der Waals surface area contributed by atoms with E-state index >= 15 is 0 Å². The van der Waals surface area contributed by atoms with Crippen molar-refractivity contribution in [1.29, 1.82) is 0 Å². The van der Waals surface area contributed by atoms with Crippen molar-refractivity contribution < 1.29 is 18.3 Å². The summed E-state index contributed by atoms with van der Waals surface area (Å²) < 4.78 is 33.4. The fourth-order valence-corrected chi connectivity index (χ4v) is 3.44. The quantitative estimate of drug-likeness (QED) is 0.562. The van der Waals surface area contributed by atoms with E-state index in [9.17, 15) is 13.6 Å². The van der Waals surface area contributed by atoms with E-state index in [1.165, 1.54) is 17.8 Å². The number of rotatable bonds is 8. The second kappa shape index (κ2) is 9.62. The third-order valence-corrected chi connectivity index (χ3v) is 5.01. The molecule has 0 saturated carbocycles. The number of nitrogens with zero attached hydrogens (tertiary/aromatic N) is 3. The topological polar surface area (TPSA) is 69.0 Å². The Hall–Kier alpha value is -2.78. The number of carbonyl (C=O) groups excluding carboxylic acids is 1. The van der Waals surface area contributed by atoms with Crippen molar-refractivity contribution >= 4 is 23.4 Å². The van der Waals surface area contributed by atoms with E-state index < -0.39 is 11.6 Å². The number of amides is 1. The maximum atomic E-state index is 13.3. The van der Waals surface area contributed by atoms with Gasteiger partial charge >= 0.3 is 0 Å². The van der Waals surface area contributed by atoms with Crippen molar-refractivity contribution in [3.8, 4) is 11.4 Å². The molecule has 0 bridgehead atoms. The molecule has 0 atom stereocenters. The number of carbonyl (C=O) groups is 1. The van der Waals surface area contributed by atoms with Crippen molar-refractivity contribution in [1.82, 2.24) is 14.8 Å². The zero-order valence-electron chi connectivity index (χ0n) is 16.0. The van der Waals surface area contributed by atoms with Crippen LogP contribution in [0.2, 0.25) is 0 Å². The van der Waals surface area contributed by atoms with Crippen LogP contribution in [0.4, 0.5) is 14.5 Å². The maximum absolute atomic E-state index is 13.3. The van der Waals surface area contributed by atoms with Gasteiger partial charge in [-0.25, -0.2) is 8.78 Å². The van der Waals surface area contributed by atoms with Gasteiger partial charge in [0.25, 0.3) is 0 Å². The summed E-state index contributed by atoms with van der Waals surface area (Å²) in [6, 6.07) is 11.1. The summed E-state index contributed by atoms with van der Waals surface area (Å²) in [5.74, 6) is -1.61. The van der Waals surface area contributed by atoms with Crippen LogP contribution in [0, 0.1) is 18.6 Å². The highest BCUT2D eigenvalue weighted by atomic mass is 32.2. The minimum absolute atomic E-state index is 0.0396. The van der Waals surface area contributed by atoms with E-state index in [1.807, 2.05) is 35.8 Å². The maximum Gasteiger partial charge on any atom is 0.234 e. The first-order valence-electron chi connectivity index (χ1n) is 8.85. The van der Waals surface area contributed by atoms with Crippen LogP contribution in [0.25, 0.3) is 11.4 Å². The van der Waals surface area contributed by atoms with Gasteiger partial charge in [-0.3, -0.25) is 9.36 Å². The number of thioether (sulfide) groups is 1. The van der Waals surface area contributed by atoms with Crippen LogP contribution in [-0.4, -0.2) is 40.1 Å². The summed E-state index contributed by atoms with van der Waals surface area (Å²) >= 11 is 1.21. The molecular formula is C20H20F2N4O2S. The molecule has 0 saturated heterocycles. The molecule has 2 aromatic carbocycles. The molecule has 0 unspecified atom stereocenters. The first-order valence-corrected chi connectivity index (χ1v) is 9.83. The van der Waals surface area contributed by atoms with Crippen LogP contribution < -0.4 is 5.32 Å². The third kappa shape index (κ3) is 5.39. The Morgan fingerprint density at radius 2 is 2.00 bits per heavy atom. The Balaban J connectivity index is 1.72. The van der Waals surface area contributed by atoms with Crippen molar-refractivity contribution in [2.45, 2.75) is 18.6 Å². The number of aryl methyl sites for hydroxylation is 1. The molecule has 9 heteroatoms. The molecule has 1 aromatic heterocycles. The summed E-state index contributed by atoms with van der Waals surface area (Å²) in [6.07, 6.45) is 0. The number of aromatic nitrogens is 3. The van der Waals surface area contributed by atoms with Gasteiger partial charge in [0.05, 0.1) is 18.9 Å². The highest BCUT2D eigenvalue weighted by Gasteiger charge is 2.16. The molecule has 0 aliphatic carbocycles. The van der Waals surface area contributed by atoms with Crippen LogP contribution in [0.5, 0.6) is 0 Å². The van der Waals surface area contributed by atoms with E-state index in [0.29, 0.717) is 24.1 Å². The minimum atomic E-state index is -1.02. The summed E-state index contributed by atoms with van der Waals surface area (Å²) in [7, 11) is 1.61. The summed E-state index contributed by atoms with van der Waals surface area (Å²) in [4.78, 5) is 12.2. The molecule has 1 heterocycles. The van der Waals surface area contributed by atoms with Crippen LogP contribution in [0.1, 0.15) is 5.56 Å². The molecule has 0 aliphatic rings. The smallest absolute Gasteiger partial charge is 0.234 e. The van der Waals surface area contributed by atoms with Crippen molar-refractivity contribution in [3.63, 3.8) is 0 Å². The second-order valence-electron chi connectivity index (χ2n) is 6.29. The largest absolute Gasteiger partial charge is 0.383 e. The molecule has 1 amide bonds. The van der Waals surface area contributed by atoms with Gasteiger partial charge in [-0.05, 0) is 25.1 Å². The van der Waals surface area contributed by atoms with Crippen LogP contribution >= 0.6 is 11.8 Å². The van der Waals surface area contributed by atoms with Gasteiger partial charge in [0.1, 0.15) is 0 Å². The van der Waals surface area contributed by atoms with Crippen LogP contribution in [-0.2, 0) is 16.1 Å². The number of hydrogen-bond donors (Lipinski definition) is 1. The predicted octanol–water partition coefficient (Wildman–Crippen LogP) is 3.91. The van der Waals surface area contributed by atoms with Gasteiger partial charge in [-0.15, -0.1) is 10.2 Å². The molecule has 0 spiro atoms. The van der Waals surface area contributed by atoms with E-state index in [2.05, 4.69) is 15.5 Å². The predicted molar refractivity (Wildman–Crippen MR) is 108 cm³/mol. The minimum Gasteiger partial charge on any atom is -0.383 e. The first kappa shape index (κ1) is 20.9. The van der Waals surface area contributed by atoms with Crippen LogP contribution in [0.3, 0.4) is 0 Å². The molecule has 3 rings (SSSR count). The molecule has 0 aliphatic heterocycles. The Kier molecular flexibility index (Phi) is 6.95. The van der Waals surface area contributed by atoms with Gasteiger partial charge in [0, 0.05) is 24.4 Å². The first-order chi connectivity index (χ1) is 14.0. The lowest BCUT2D eigenvalue weighted by atomic mass is 10.1. The molecule has 29 heavy (non-hydrogen) atoms. The van der Waals surface area contributed by atoms with E-state index in [1.54, 1.807) is 7.11 Å². The van der Waals surface area contributed by atoms with Crippen LogP contribution in [0.15, 0.2) is 47.6 Å². The molecule has 1 N–H and O–H groups in total. The lowest BCUT2D eigenvalue weighted by molar-refractivity contribution is -0.113. The average molecular weight is 418 g/mol. The Bertz CT molecular complexity index is 1010. The SMILES string of the molecule is COCCn1c(SCC(=O)Nc2ccc(F)c(F)c2)nnc1-c1cccc(C)c1. The third-order valence-electron chi connectivity index (χ3n) is 4.05. The highest BCUT2D eigenvalue weighted by molar-refractivity contribution is 7.99. The highest BCUT2D eigenvalue weighted by Crippen LogP contribution is 2.25. The van der Waals surface area contributed by atoms with Gasteiger partial charge in [0.15, 0.2) is 22.6 Å². The van der Waals surface area contributed by atoms with E-state index in [4.69, 9.17) is 4.74 Å². The standard InChI is InChI=1S/C20H20F2N4O2S/c1-13-4-3-5-14(10-13)19-24-25-20(26(19)8-9-28-2)29-12-18(27)23-15-6-7-16(21)17(22)11-15/h3-7,10-11H,8-9,12H2,1-2H3,(H,23,27). The Labute approximate surface area is 171 Å². The molecule has 6 nitrogen and oxygen atoms in total. The van der Waals surface area contributed by atoms with Gasteiger partial charge < -0.3 is 10.1 Å². The molecule has 0 fully saturated rings. The number of benzene rings is 2. The molecular weight excluding hydrogens is 398 g/mol. The zero-order valence-corrected chi connectivity index (χ0v) is 16.8. The van der Waals surface area contributed by atoms with Gasteiger partial charge in [-0.1, -0.05) is 35.5 Å². The lowest BCUT2D eigenvalue weighted by Gasteiger charge is -2.10. The number of nitrogens with one attached hydrogen (secondary N) is 1. The number of methoxy groups -OCH3 is 1. The van der Waals surface area contributed by atoms with E-state index in [0.717, 1.165) is 23.3 Å². The van der Waals surface area contributed by atoms with Crippen molar-refractivity contribution in [3.05, 3.63) is 59.7 Å². The Morgan fingerprint density at radius 1 is 1.17 bits per heavy atom. The number of anilines is 1. The Morgan fingerprint density at radius 3 is 2.72 bits per heavy atom. The molecule has 0 radical (unpaired) electrons. The second-order valence-corrected chi connectivity index (χ2v) is 7.23. The molecule has 152 valence electrons. The summed E-state index contributed by atoms with van der Waals surface area (Å²) in [6.45, 7) is 2.99. The normalized spacial score (nSPS) is 10.9. The monoisotopic (exact) mass is 418 g/mol. The van der Waals surface area contributed by atoms with Gasteiger partial charge in [0.2, 0.25) is 5.91 Å². The fourth-order valence-electron chi connectivity index (χ4n) is 2.68. The average Bonchev–Trinajstić information content (AvgIpc) is 3.10. The fraction of sp³-hybridized carbons (Fsp3) is 0.250. The summed E-state index contributed by atoms with van der Waals surface area (Å²) in [5, 5.41) is 11.6. The van der Waals surface area contributed by atoms with Crippen molar-refractivity contribution in [2.75, 3.05) is 24.8 Å². The lowest BCUT2D eigenvalue weighted by Crippen LogP contribution is -2.15. The zero-order chi connectivity index (χ0) is 20.8. The number of ether oxygens (including phenoxy) is 1. The summed E-state index contributed by atoms with van der Waals surface area (Å²) in [5.41, 5.74) is 2.21.